The van der Waals surface area contributed by atoms with Gasteiger partial charge in [0.1, 0.15) is 0 Å². The molecule has 0 aliphatic heterocycles. The normalized spacial score (nSPS) is 22.8. The van der Waals surface area contributed by atoms with Crippen LogP contribution in [0.4, 0.5) is 0 Å². The third-order valence-corrected chi connectivity index (χ3v) is 4.64. The molecule has 0 unspecified atom stereocenters. The van der Waals surface area contributed by atoms with Crippen LogP contribution in [-0.4, -0.2) is 0 Å². The lowest BCUT2D eigenvalue weighted by Crippen LogP contribution is -2.14. The van der Waals surface area contributed by atoms with Crippen LogP contribution in [0, 0.1) is 0 Å². The summed E-state index contributed by atoms with van der Waals surface area (Å²) in [6.07, 6.45) is 1.24. The second kappa shape index (κ2) is 3.08. The zero-order chi connectivity index (χ0) is 9.69. The van der Waals surface area contributed by atoms with Crippen molar-refractivity contribution in [2.45, 2.75) is 27.1 Å². The van der Waals surface area contributed by atoms with E-state index in [1.54, 1.807) is 0 Å². The molecule has 0 fully saturated rings. The van der Waals surface area contributed by atoms with E-state index in [2.05, 4.69) is 83.3 Å². The van der Waals surface area contributed by atoms with Crippen LogP contribution >= 0.6 is 45.2 Å². The van der Waals surface area contributed by atoms with Crippen LogP contribution in [0.5, 0.6) is 0 Å². The van der Waals surface area contributed by atoms with Crippen LogP contribution in [-0.2, 0) is 6.84 Å². The number of benzene rings is 1. The first-order valence-electron chi connectivity index (χ1n) is 4.41. The highest BCUT2D eigenvalue weighted by Gasteiger charge is 2.43. The fourth-order valence-electron chi connectivity index (χ4n) is 2.14. The van der Waals surface area contributed by atoms with Gasteiger partial charge in [-0.2, -0.15) is 0 Å². The van der Waals surface area contributed by atoms with E-state index < -0.39 is 0 Å². The third kappa shape index (κ3) is 1.64. The van der Waals surface area contributed by atoms with E-state index in [0.717, 1.165) is 0 Å². The van der Waals surface area contributed by atoms with E-state index in [9.17, 15) is 0 Å². The largest absolute Gasteiger partial charge is 0.0993 e. The minimum atomic E-state index is 0.301. The molecule has 0 nitrogen and oxygen atoms in total. The third-order valence-electron chi connectivity index (χ3n) is 2.71. The summed E-state index contributed by atoms with van der Waals surface area (Å²) in [7, 11) is 0. The molecule has 0 aromatic heterocycles. The summed E-state index contributed by atoms with van der Waals surface area (Å²) in [6.45, 7) is 4.68. The van der Waals surface area contributed by atoms with Crippen molar-refractivity contribution in [1.82, 2.24) is 0 Å². The Morgan fingerprint density at radius 1 is 1.08 bits per heavy atom. The Hall–Kier alpha value is 0.680. The summed E-state index contributed by atoms with van der Waals surface area (Å²) >= 11 is 5.14. The Labute approximate surface area is 107 Å². The highest BCUT2D eigenvalue weighted by molar-refractivity contribution is 14.2. The molecule has 2 rings (SSSR count). The summed E-state index contributed by atoms with van der Waals surface area (Å²) in [5.41, 5.74) is 3.39. The molecule has 1 aromatic rings. The van der Waals surface area contributed by atoms with Crippen molar-refractivity contribution < 1.29 is 0 Å². The average molecular weight is 398 g/mol. The molecule has 1 aliphatic carbocycles. The van der Waals surface area contributed by atoms with Gasteiger partial charge < -0.3 is 0 Å². The van der Waals surface area contributed by atoms with Crippen LogP contribution in [0.1, 0.15) is 31.4 Å². The number of hydrogen-bond acceptors (Lipinski definition) is 0. The Morgan fingerprint density at radius 2 is 1.62 bits per heavy atom. The number of alkyl halides is 2. The standard InChI is InChI=1S/C11H12I2/c1-10(2)7-11(12,13)9-6-4-3-5-8(9)10/h3-6H,7H2,1-2H3. The molecular formula is C11H12I2. The smallest absolute Gasteiger partial charge is 0.0620 e. The van der Waals surface area contributed by atoms with Crippen molar-refractivity contribution >= 4 is 45.2 Å². The highest BCUT2D eigenvalue weighted by Crippen LogP contribution is 2.56. The topological polar surface area (TPSA) is 0 Å². The number of rotatable bonds is 0. The van der Waals surface area contributed by atoms with E-state index in [1.807, 2.05) is 0 Å². The van der Waals surface area contributed by atoms with Gasteiger partial charge in [0.2, 0.25) is 0 Å². The summed E-state index contributed by atoms with van der Waals surface area (Å²) in [5.74, 6) is 0. The lowest BCUT2D eigenvalue weighted by Gasteiger charge is -2.20. The summed E-state index contributed by atoms with van der Waals surface area (Å²) in [4.78, 5) is 0. The van der Waals surface area contributed by atoms with E-state index in [1.165, 1.54) is 17.5 Å². The molecule has 0 saturated heterocycles. The molecule has 2 heteroatoms. The Morgan fingerprint density at radius 3 is 2.15 bits per heavy atom. The minimum absolute atomic E-state index is 0.301. The van der Waals surface area contributed by atoms with Gasteiger partial charge in [-0.1, -0.05) is 83.3 Å². The fraction of sp³-hybridized carbons (Fsp3) is 0.455. The average Bonchev–Trinajstić information content (AvgIpc) is 2.20. The monoisotopic (exact) mass is 398 g/mol. The molecule has 13 heavy (non-hydrogen) atoms. The molecule has 0 atom stereocenters. The molecule has 0 bridgehead atoms. The van der Waals surface area contributed by atoms with Gasteiger partial charge in [0.05, 0.1) is 1.43 Å². The van der Waals surface area contributed by atoms with Crippen molar-refractivity contribution in [3.05, 3.63) is 35.4 Å². The van der Waals surface area contributed by atoms with Crippen molar-refractivity contribution in [3.63, 3.8) is 0 Å². The quantitative estimate of drug-likeness (QED) is 0.450. The van der Waals surface area contributed by atoms with E-state index in [0.29, 0.717) is 6.84 Å². The molecule has 0 saturated carbocycles. The Kier molecular flexibility index (Phi) is 2.42. The van der Waals surface area contributed by atoms with Crippen LogP contribution < -0.4 is 0 Å². The predicted molar refractivity (Wildman–Crippen MR) is 73.8 cm³/mol. The van der Waals surface area contributed by atoms with E-state index >= 15 is 0 Å². The second-order valence-corrected chi connectivity index (χ2v) is 10.1. The van der Waals surface area contributed by atoms with Gasteiger partial charge in [0, 0.05) is 0 Å². The van der Waals surface area contributed by atoms with Gasteiger partial charge >= 0.3 is 0 Å². The molecule has 0 N–H and O–H groups in total. The molecule has 0 amide bonds. The lowest BCUT2D eigenvalue weighted by atomic mass is 9.87. The maximum Gasteiger partial charge on any atom is 0.0993 e. The highest BCUT2D eigenvalue weighted by atomic mass is 127. The SMILES string of the molecule is CC1(C)CC(I)(I)c2ccccc21. The second-order valence-electron chi connectivity index (χ2n) is 4.31. The molecule has 0 radical (unpaired) electrons. The minimum Gasteiger partial charge on any atom is -0.0620 e. The van der Waals surface area contributed by atoms with Crippen molar-refractivity contribution in [1.29, 1.82) is 0 Å². The summed E-state index contributed by atoms with van der Waals surface area (Å²) < 4.78 is 0.301. The molecule has 1 aliphatic rings. The predicted octanol–water partition coefficient (Wildman–Crippen LogP) is 4.39. The number of halogens is 2. The Balaban J connectivity index is 2.64. The van der Waals surface area contributed by atoms with Gasteiger partial charge in [0.25, 0.3) is 0 Å². The zero-order valence-electron chi connectivity index (χ0n) is 7.77. The van der Waals surface area contributed by atoms with Gasteiger partial charge in [-0.3, -0.25) is 0 Å². The van der Waals surface area contributed by atoms with Crippen LogP contribution in [0.15, 0.2) is 24.3 Å². The van der Waals surface area contributed by atoms with Gasteiger partial charge in [-0.15, -0.1) is 0 Å². The maximum atomic E-state index is 2.57. The van der Waals surface area contributed by atoms with Gasteiger partial charge in [-0.05, 0) is 23.0 Å². The van der Waals surface area contributed by atoms with Crippen LogP contribution in [0.25, 0.3) is 0 Å². The molecular weight excluding hydrogens is 386 g/mol. The van der Waals surface area contributed by atoms with E-state index in [-0.39, 0.29) is 0 Å². The summed E-state index contributed by atoms with van der Waals surface area (Å²) in [5, 5.41) is 0. The molecule has 1 aromatic carbocycles. The Bertz CT molecular complexity index is 307. The van der Waals surface area contributed by atoms with Crippen molar-refractivity contribution in [2.24, 2.45) is 0 Å². The fourth-order valence-corrected chi connectivity index (χ4v) is 4.99. The summed E-state index contributed by atoms with van der Waals surface area (Å²) in [6, 6.07) is 8.83. The van der Waals surface area contributed by atoms with Crippen molar-refractivity contribution in [3.8, 4) is 0 Å². The van der Waals surface area contributed by atoms with Crippen LogP contribution in [0.2, 0.25) is 0 Å². The van der Waals surface area contributed by atoms with Gasteiger partial charge in [0.15, 0.2) is 0 Å². The molecule has 0 heterocycles. The molecule has 70 valence electrons. The lowest BCUT2D eigenvalue weighted by molar-refractivity contribution is 0.519. The first-order valence-corrected chi connectivity index (χ1v) is 6.57. The first kappa shape index (κ1) is 10.2. The van der Waals surface area contributed by atoms with Crippen LogP contribution in [0.3, 0.4) is 0 Å². The zero-order valence-corrected chi connectivity index (χ0v) is 12.1. The first-order chi connectivity index (χ1) is 5.93. The number of fused-ring (bicyclic) bond motifs is 1. The number of hydrogen-bond donors (Lipinski definition) is 0. The van der Waals surface area contributed by atoms with Gasteiger partial charge in [-0.25, -0.2) is 0 Å². The van der Waals surface area contributed by atoms with Crippen molar-refractivity contribution in [2.75, 3.05) is 0 Å². The maximum absolute atomic E-state index is 2.57. The molecule has 0 spiro atoms. The van der Waals surface area contributed by atoms with E-state index in [4.69, 9.17) is 0 Å².